The quantitative estimate of drug-likeness (QED) is 0.811. The summed E-state index contributed by atoms with van der Waals surface area (Å²) in [5, 5.41) is 14.4. The molecule has 0 saturated heterocycles. The van der Waals surface area contributed by atoms with E-state index < -0.39 is 11.5 Å². The van der Waals surface area contributed by atoms with Gasteiger partial charge in [-0.05, 0) is 32.3 Å². The monoisotopic (exact) mass is 266 g/mol. The SMILES string of the molecule is Cc1nc(/C=C/C(=O)NC2(C(=O)O)CCC2)cs1. The minimum atomic E-state index is -1.06. The van der Waals surface area contributed by atoms with Gasteiger partial charge >= 0.3 is 5.97 Å². The number of aromatic nitrogens is 1. The third kappa shape index (κ3) is 2.59. The molecule has 0 atom stereocenters. The molecule has 1 aromatic rings. The molecule has 0 aromatic carbocycles. The van der Waals surface area contributed by atoms with Crippen LogP contribution in [0.3, 0.4) is 0 Å². The zero-order valence-electron chi connectivity index (χ0n) is 9.97. The molecule has 18 heavy (non-hydrogen) atoms. The van der Waals surface area contributed by atoms with E-state index in [1.165, 1.54) is 17.4 Å². The highest BCUT2D eigenvalue weighted by molar-refractivity contribution is 7.09. The second-order valence-corrected chi connectivity index (χ2v) is 5.42. The average Bonchev–Trinajstić information content (AvgIpc) is 2.66. The maximum Gasteiger partial charge on any atom is 0.329 e. The van der Waals surface area contributed by atoms with Gasteiger partial charge in [0.15, 0.2) is 0 Å². The lowest BCUT2D eigenvalue weighted by Crippen LogP contribution is -2.58. The second kappa shape index (κ2) is 4.89. The fourth-order valence-corrected chi connectivity index (χ4v) is 2.40. The Hall–Kier alpha value is -1.69. The number of aliphatic carboxylic acids is 1. The zero-order valence-corrected chi connectivity index (χ0v) is 10.8. The summed E-state index contributed by atoms with van der Waals surface area (Å²) >= 11 is 1.50. The van der Waals surface area contributed by atoms with E-state index >= 15 is 0 Å². The summed E-state index contributed by atoms with van der Waals surface area (Å²) in [6, 6.07) is 0. The number of nitrogens with zero attached hydrogens (tertiary/aromatic N) is 1. The zero-order chi connectivity index (χ0) is 13.2. The molecule has 1 aliphatic carbocycles. The number of carbonyl (C=O) groups excluding carboxylic acids is 1. The molecule has 5 nitrogen and oxygen atoms in total. The molecule has 6 heteroatoms. The fourth-order valence-electron chi connectivity index (χ4n) is 1.82. The smallest absolute Gasteiger partial charge is 0.329 e. The lowest BCUT2D eigenvalue weighted by atomic mass is 9.77. The molecule has 0 aliphatic heterocycles. The highest BCUT2D eigenvalue weighted by Crippen LogP contribution is 2.31. The van der Waals surface area contributed by atoms with Crippen molar-refractivity contribution in [1.29, 1.82) is 0 Å². The Balaban J connectivity index is 1.96. The van der Waals surface area contributed by atoms with E-state index in [0.717, 1.165) is 11.4 Å². The van der Waals surface area contributed by atoms with E-state index in [4.69, 9.17) is 5.11 Å². The van der Waals surface area contributed by atoms with Crippen LogP contribution in [0.5, 0.6) is 0 Å². The summed E-state index contributed by atoms with van der Waals surface area (Å²) in [6.07, 6.45) is 4.75. The number of amides is 1. The number of thiazole rings is 1. The van der Waals surface area contributed by atoms with E-state index in [9.17, 15) is 9.59 Å². The van der Waals surface area contributed by atoms with E-state index in [1.54, 1.807) is 6.08 Å². The Morgan fingerprint density at radius 3 is 2.72 bits per heavy atom. The van der Waals surface area contributed by atoms with Gasteiger partial charge in [-0.15, -0.1) is 11.3 Å². The van der Waals surface area contributed by atoms with Gasteiger partial charge in [0.25, 0.3) is 0 Å². The predicted octanol–water partition coefficient (Wildman–Crippen LogP) is 1.59. The number of carbonyl (C=O) groups is 2. The molecular formula is C12H14N2O3S. The molecule has 96 valence electrons. The molecule has 1 heterocycles. The molecule has 0 bridgehead atoms. The van der Waals surface area contributed by atoms with Gasteiger partial charge in [-0.1, -0.05) is 0 Å². The molecule has 0 radical (unpaired) electrons. The largest absolute Gasteiger partial charge is 0.480 e. The van der Waals surface area contributed by atoms with Crippen LogP contribution in [-0.4, -0.2) is 27.5 Å². The molecule has 2 N–H and O–H groups in total. The third-order valence-corrected chi connectivity index (χ3v) is 3.81. The van der Waals surface area contributed by atoms with Crippen LogP contribution in [0.15, 0.2) is 11.5 Å². The van der Waals surface area contributed by atoms with Crippen LogP contribution in [0.4, 0.5) is 0 Å². The summed E-state index contributed by atoms with van der Waals surface area (Å²) in [5.74, 6) is -1.34. The van der Waals surface area contributed by atoms with Crippen molar-refractivity contribution in [3.05, 3.63) is 22.2 Å². The normalized spacial score (nSPS) is 17.4. The second-order valence-electron chi connectivity index (χ2n) is 4.35. The molecular weight excluding hydrogens is 252 g/mol. The number of carboxylic acid groups (broad SMARTS) is 1. The highest BCUT2D eigenvalue weighted by atomic mass is 32.1. The van der Waals surface area contributed by atoms with Crippen LogP contribution in [0, 0.1) is 6.92 Å². The summed E-state index contributed by atoms with van der Waals surface area (Å²) < 4.78 is 0. The number of aryl methyl sites for hydroxylation is 1. The van der Waals surface area contributed by atoms with Crippen molar-refractivity contribution in [2.24, 2.45) is 0 Å². The summed E-state index contributed by atoms with van der Waals surface area (Å²) in [7, 11) is 0. The first-order valence-electron chi connectivity index (χ1n) is 5.68. The van der Waals surface area contributed by atoms with E-state index in [2.05, 4.69) is 10.3 Å². The minimum absolute atomic E-state index is 0.386. The maximum atomic E-state index is 11.7. The first kappa shape index (κ1) is 12.8. The number of carboxylic acids is 1. The van der Waals surface area contributed by atoms with Gasteiger partial charge < -0.3 is 10.4 Å². The van der Waals surface area contributed by atoms with Gasteiger partial charge in [-0.25, -0.2) is 9.78 Å². The number of hydrogen-bond acceptors (Lipinski definition) is 4. The topological polar surface area (TPSA) is 79.3 Å². The first-order valence-corrected chi connectivity index (χ1v) is 6.56. The Morgan fingerprint density at radius 2 is 2.28 bits per heavy atom. The number of rotatable bonds is 4. The van der Waals surface area contributed by atoms with Crippen molar-refractivity contribution in [3.63, 3.8) is 0 Å². The van der Waals surface area contributed by atoms with Gasteiger partial charge in [-0.3, -0.25) is 4.79 Å². The predicted molar refractivity (Wildman–Crippen MR) is 68.2 cm³/mol. The number of hydrogen-bond donors (Lipinski definition) is 2. The molecule has 1 saturated carbocycles. The van der Waals surface area contributed by atoms with E-state index in [1.807, 2.05) is 12.3 Å². The molecule has 0 unspecified atom stereocenters. The van der Waals surface area contributed by atoms with Gasteiger partial charge in [-0.2, -0.15) is 0 Å². The van der Waals surface area contributed by atoms with Crippen LogP contribution in [-0.2, 0) is 9.59 Å². The van der Waals surface area contributed by atoms with Crippen molar-refractivity contribution in [2.45, 2.75) is 31.7 Å². The first-order chi connectivity index (χ1) is 8.52. The molecule has 0 spiro atoms. The van der Waals surface area contributed by atoms with Gasteiger partial charge in [0.05, 0.1) is 10.7 Å². The molecule has 2 rings (SSSR count). The Labute approximate surface area is 109 Å². The van der Waals surface area contributed by atoms with Crippen LogP contribution < -0.4 is 5.32 Å². The molecule has 1 aliphatic rings. The lowest BCUT2D eigenvalue weighted by Gasteiger charge is -2.37. The van der Waals surface area contributed by atoms with Gasteiger partial charge in [0.1, 0.15) is 5.54 Å². The van der Waals surface area contributed by atoms with Crippen molar-refractivity contribution >= 4 is 29.3 Å². The van der Waals surface area contributed by atoms with Crippen molar-refractivity contribution < 1.29 is 14.7 Å². The van der Waals surface area contributed by atoms with Crippen LogP contribution >= 0.6 is 11.3 Å². The highest BCUT2D eigenvalue weighted by Gasteiger charge is 2.45. The summed E-state index contributed by atoms with van der Waals surface area (Å²) in [5.41, 5.74) is -0.343. The Kier molecular flexibility index (Phi) is 3.47. The maximum absolute atomic E-state index is 11.7. The fraction of sp³-hybridized carbons (Fsp3) is 0.417. The van der Waals surface area contributed by atoms with E-state index in [0.29, 0.717) is 18.5 Å². The molecule has 1 aromatic heterocycles. The summed E-state index contributed by atoms with van der Waals surface area (Å²) in [6.45, 7) is 1.88. The van der Waals surface area contributed by atoms with Crippen LogP contribution in [0.2, 0.25) is 0 Å². The van der Waals surface area contributed by atoms with Crippen LogP contribution in [0.1, 0.15) is 30.0 Å². The van der Waals surface area contributed by atoms with Crippen molar-refractivity contribution in [2.75, 3.05) is 0 Å². The molecule has 1 amide bonds. The van der Waals surface area contributed by atoms with E-state index in [-0.39, 0.29) is 5.91 Å². The third-order valence-electron chi connectivity index (χ3n) is 3.02. The summed E-state index contributed by atoms with van der Waals surface area (Å²) in [4.78, 5) is 26.9. The van der Waals surface area contributed by atoms with Gasteiger partial charge in [0.2, 0.25) is 5.91 Å². The standard InChI is InChI=1S/C12H14N2O3S/c1-8-13-9(7-18-8)3-4-10(15)14-12(11(16)17)5-2-6-12/h3-4,7H,2,5-6H2,1H3,(H,14,15)(H,16,17)/b4-3+. The van der Waals surface area contributed by atoms with Gasteiger partial charge in [0, 0.05) is 11.5 Å². The average molecular weight is 266 g/mol. The molecule has 1 fully saturated rings. The Morgan fingerprint density at radius 1 is 1.56 bits per heavy atom. The minimum Gasteiger partial charge on any atom is -0.480 e. The number of nitrogens with one attached hydrogen (secondary N) is 1. The lowest BCUT2D eigenvalue weighted by molar-refractivity contribution is -0.151. The Bertz CT molecular complexity index is 503. The van der Waals surface area contributed by atoms with Crippen molar-refractivity contribution in [3.8, 4) is 0 Å². The van der Waals surface area contributed by atoms with Crippen LogP contribution in [0.25, 0.3) is 6.08 Å². The van der Waals surface area contributed by atoms with Crippen molar-refractivity contribution in [1.82, 2.24) is 10.3 Å².